The number of hydrogen-bond acceptors (Lipinski definition) is 4. The van der Waals surface area contributed by atoms with Crippen molar-refractivity contribution in [2.75, 3.05) is 13.1 Å². The summed E-state index contributed by atoms with van der Waals surface area (Å²) < 4.78 is 7.40. The molecule has 1 saturated heterocycles. The van der Waals surface area contributed by atoms with Gasteiger partial charge in [0, 0.05) is 29.2 Å². The van der Waals surface area contributed by atoms with E-state index in [0.29, 0.717) is 12.8 Å². The Labute approximate surface area is 118 Å². The van der Waals surface area contributed by atoms with Gasteiger partial charge in [0.15, 0.2) is 0 Å². The van der Waals surface area contributed by atoms with Gasteiger partial charge in [-0.05, 0) is 39.5 Å². The van der Waals surface area contributed by atoms with Crippen molar-refractivity contribution in [1.29, 1.82) is 0 Å². The number of hydrogen-bond donors (Lipinski definition) is 1. The van der Waals surface area contributed by atoms with Crippen molar-refractivity contribution in [3.63, 3.8) is 0 Å². The molecule has 106 valence electrons. The first kappa shape index (κ1) is 15.9. The van der Waals surface area contributed by atoms with E-state index >= 15 is 0 Å². The molecule has 1 aliphatic rings. The van der Waals surface area contributed by atoms with Crippen LogP contribution in [-0.4, -0.2) is 39.3 Å². The molecule has 0 aromatic heterocycles. The number of halogens is 1. The Morgan fingerprint density at radius 2 is 2.11 bits per heavy atom. The highest BCUT2D eigenvalue weighted by Gasteiger charge is 2.34. The third-order valence-corrected chi connectivity index (χ3v) is 4.29. The fourth-order valence-electron chi connectivity index (χ4n) is 2.01. The summed E-state index contributed by atoms with van der Waals surface area (Å²) >= 11 is 3.42. The van der Waals surface area contributed by atoms with Gasteiger partial charge in [0.1, 0.15) is 5.60 Å². The van der Waals surface area contributed by atoms with Gasteiger partial charge < -0.3 is 9.84 Å². The highest BCUT2D eigenvalue weighted by Crippen LogP contribution is 2.28. The van der Waals surface area contributed by atoms with Gasteiger partial charge in [-0.3, -0.25) is 4.79 Å². The van der Waals surface area contributed by atoms with Gasteiger partial charge in [0.25, 0.3) is 0 Å². The zero-order chi connectivity index (χ0) is 13.8. The SMILES string of the molecule is CCC(C)(C)OC(=O)CC1(O)CCCN(Br)CC1. The Morgan fingerprint density at radius 3 is 2.72 bits per heavy atom. The van der Waals surface area contributed by atoms with E-state index in [1.54, 1.807) is 0 Å². The predicted molar refractivity (Wildman–Crippen MR) is 74.4 cm³/mol. The molecule has 5 heteroatoms. The van der Waals surface area contributed by atoms with Crippen LogP contribution in [-0.2, 0) is 9.53 Å². The van der Waals surface area contributed by atoms with Crippen LogP contribution in [0.5, 0.6) is 0 Å². The molecular formula is C13H24BrNO3. The summed E-state index contributed by atoms with van der Waals surface area (Å²) in [6, 6.07) is 0. The molecule has 1 atom stereocenters. The third-order valence-electron chi connectivity index (χ3n) is 3.58. The van der Waals surface area contributed by atoms with Crippen LogP contribution in [0.3, 0.4) is 0 Å². The topological polar surface area (TPSA) is 49.8 Å². The average molecular weight is 322 g/mol. The predicted octanol–water partition coefficient (Wildman–Crippen LogP) is 2.64. The van der Waals surface area contributed by atoms with E-state index < -0.39 is 11.2 Å². The molecule has 1 heterocycles. The highest BCUT2D eigenvalue weighted by molar-refractivity contribution is 9.07. The Hall–Kier alpha value is -0.130. The minimum Gasteiger partial charge on any atom is -0.460 e. The normalized spacial score (nSPS) is 26.7. The molecular weight excluding hydrogens is 298 g/mol. The van der Waals surface area contributed by atoms with Crippen molar-refractivity contribution in [2.45, 2.75) is 64.1 Å². The van der Waals surface area contributed by atoms with E-state index in [2.05, 4.69) is 16.1 Å². The van der Waals surface area contributed by atoms with Crippen molar-refractivity contribution in [3.05, 3.63) is 0 Å². The maximum Gasteiger partial charge on any atom is 0.309 e. The summed E-state index contributed by atoms with van der Waals surface area (Å²) in [6.45, 7) is 7.42. The van der Waals surface area contributed by atoms with Crippen LogP contribution >= 0.6 is 16.1 Å². The van der Waals surface area contributed by atoms with Crippen LogP contribution in [0.4, 0.5) is 0 Å². The molecule has 18 heavy (non-hydrogen) atoms. The molecule has 0 aliphatic carbocycles. The highest BCUT2D eigenvalue weighted by atomic mass is 79.9. The molecule has 0 saturated carbocycles. The number of rotatable bonds is 4. The number of aliphatic hydroxyl groups is 1. The van der Waals surface area contributed by atoms with Gasteiger partial charge >= 0.3 is 5.97 Å². The Kier molecular flexibility index (Phi) is 5.62. The first-order chi connectivity index (χ1) is 8.26. The second-order valence-corrected chi connectivity index (χ2v) is 6.75. The molecule has 1 aliphatic heterocycles. The largest absolute Gasteiger partial charge is 0.460 e. The van der Waals surface area contributed by atoms with Gasteiger partial charge in [-0.25, -0.2) is 3.93 Å². The Morgan fingerprint density at radius 1 is 1.44 bits per heavy atom. The van der Waals surface area contributed by atoms with E-state index in [1.165, 1.54) is 0 Å². The molecule has 1 rings (SSSR count). The molecule has 1 N–H and O–H groups in total. The van der Waals surface area contributed by atoms with Crippen molar-refractivity contribution in [3.8, 4) is 0 Å². The summed E-state index contributed by atoms with van der Waals surface area (Å²) in [5.41, 5.74) is -1.36. The summed E-state index contributed by atoms with van der Waals surface area (Å²) in [5.74, 6) is -0.299. The summed E-state index contributed by atoms with van der Waals surface area (Å²) in [4.78, 5) is 11.9. The fourth-order valence-corrected chi connectivity index (χ4v) is 2.44. The van der Waals surface area contributed by atoms with E-state index in [-0.39, 0.29) is 12.4 Å². The lowest BCUT2D eigenvalue weighted by Gasteiger charge is -2.29. The lowest BCUT2D eigenvalue weighted by atomic mass is 9.91. The number of ether oxygens (including phenoxy) is 1. The van der Waals surface area contributed by atoms with Gasteiger partial charge in [-0.2, -0.15) is 0 Å². The quantitative estimate of drug-likeness (QED) is 0.638. The molecule has 0 aromatic rings. The van der Waals surface area contributed by atoms with Crippen molar-refractivity contribution >= 4 is 22.1 Å². The van der Waals surface area contributed by atoms with E-state index in [0.717, 1.165) is 25.9 Å². The lowest BCUT2D eigenvalue weighted by molar-refractivity contribution is -0.162. The van der Waals surface area contributed by atoms with Crippen molar-refractivity contribution < 1.29 is 14.6 Å². The van der Waals surface area contributed by atoms with Crippen LogP contribution in [0.1, 0.15) is 52.9 Å². The fraction of sp³-hybridized carbons (Fsp3) is 0.923. The standard InChI is InChI=1S/C13H24BrNO3/c1-4-12(2,3)18-11(16)10-13(17)6-5-8-15(14)9-7-13/h17H,4-10H2,1-3H3. The molecule has 0 amide bonds. The molecule has 0 spiro atoms. The van der Waals surface area contributed by atoms with Gasteiger partial charge in [-0.15, -0.1) is 0 Å². The average Bonchev–Trinajstić information content (AvgIpc) is 2.40. The number of nitrogens with zero attached hydrogens (tertiary/aromatic N) is 1. The first-order valence-corrected chi connectivity index (χ1v) is 7.32. The van der Waals surface area contributed by atoms with Crippen LogP contribution in [0.15, 0.2) is 0 Å². The molecule has 1 unspecified atom stereocenters. The number of carbonyl (C=O) groups is 1. The van der Waals surface area contributed by atoms with Crippen LogP contribution in [0.25, 0.3) is 0 Å². The van der Waals surface area contributed by atoms with Crippen LogP contribution in [0.2, 0.25) is 0 Å². The second-order valence-electron chi connectivity index (χ2n) is 5.75. The lowest BCUT2D eigenvalue weighted by Crippen LogP contribution is -2.36. The minimum atomic E-state index is -0.913. The summed E-state index contributed by atoms with van der Waals surface area (Å²) in [6.07, 6.45) is 2.99. The minimum absolute atomic E-state index is 0.0945. The monoisotopic (exact) mass is 321 g/mol. The zero-order valence-corrected chi connectivity index (χ0v) is 13.1. The molecule has 0 radical (unpaired) electrons. The third kappa shape index (κ3) is 5.24. The first-order valence-electron chi connectivity index (χ1n) is 6.61. The Balaban J connectivity index is 2.52. The zero-order valence-electron chi connectivity index (χ0n) is 11.5. The molecule has 4 nitrogen and oxygen atoms in total. The number of carbonyl (C=O) groups excluding carboxylic acids is 1. The van der Waals surface area contributed by atoms with E-state index in [4.69, 9.17) is 4.74 Å². The van der Waals surface area contributed by atoms with E-state index in [1.807, 2.05) is 24.7 Å². The van der Waals surface area contributed by atoms with E-state index in [9.17, 15) is 9.90 Å². The van der Waals surface area contributed by atoms with Crippen LogP contribution in [0, 0.1) is 0 Å². The maximum atomic E-state index is 11.9. The molecule has 1 fully saturated rings. The smallest absolute Gasteiger partial charge is 0.309 e. The molecule has 0 bridgehead atoms. The second kappa shape index (κ2) is 6.35. The number of esters is 1. The van der Waals surface area contributed by atoms with Gasteiger partial charge in [0.05, 0.1) is 12.0 Å². The summed E-state index contributed by atoms with van der Waals surface area (Å²) in [7, 11) is 0. The van der Waals surface area contributed by atoms with Gasteiger partial charge in [-0.1, -0.05) is 6.92 Å². The van der Waals surface area contributed by atoms with Crippen molar-refractivity contribution in [1.82, 2.24) is 3.93 Å². The summed E-state index contributed by atoms with van der Waals surface area (Å²) in [5, 5.41) is 10.5. The van der Waals surface area contributed by atoms with Crippen LogP contribution < -0.4 is 0 Å². The van der Waals surface area contributed by atoms with Crippen molar-refractivity contribution in [2.24, 2.45) is 0 Å². The maximum absolute atomic E-state index is 11.9. The molecule has 0 aromatic carbocycles. The van der Waals surface area contributed by atoms with Gasteiger partial charge in [0.2, 0.25) is 0 Å². The Bertz CT molecular complexity index is 296.